The molecule has 2 aromatic rings. The molecule has 0 radical (unpaired) electrons. The molecule has 1 aliphatic rings. The molecule has 0 spiro atoms. The minimum atomic E-state index is -1.31. The zero-order valence-electron chi connectivity index (χ0n) is 16.5. The standard InChI is InChI=1S/C21H25N3O4/c1-5-15-7-9-16(10-8-15)14(3)22-18(25)12-24-19(26)21(4,23-20(24)27)17-11-6-13(2)28-17/h6-11,14H,5,12H2,1-4H3,(H,22,25)(H,23,27). The lowest BCUT2D eigenvalue weighted by Crippen LogP contribution is -2.43. The zero-order valence-corrected chi connectivity index (χ0v) is 16.5. The summed E-state index contributed by atoms with van der Waals surface area (Å²) in [5.74, 6) is 0.0606. The first kappa shape index (κ1) is 19.7. The van der Waals surface area contributed by atoms with Gasteiger partial charge < -0.3 is 15.1 Å². The molecule has 148 valence electrons. The Kier molecular flexibility index (Phi) is 5.27. The maximum atomic E-state index is 12.8. The van der Waals surface area contributed by atoms with Crippen molar-refractivity contribution in [1.29, 1.82) is 0 Å². The van der Waals surface area contributed by atoms with Crippen LogP contribution in [0.5, 0.6) is 0 Å². The lowest BCUT2D eigenvalue weighted by Gasteiger charge is -2.20. The van der Waals surface area contributed by atoms with Gasteiger partial charge in [0.1, 0.15) is 18.1 Å². The van der Waals surface area contributed by atoms with Crippen LogP contribution in [0.15, 0.2) is 40.8 Å². The third kappa shape index (κ3) is 3.65. The number of benzene rings is 1. The number of nitrogens with zero attached hydrogens (tertiary/aromatic N) is 1. The number of aryl methyl sites for hydroxylation is 2. The summed E-state index contributed by atoms with van der Waals surface area (Å²) in [6.07, 6.45) is 0.946. The summed E-state index contributed by atoms with van der Waals surface area (Å²) in [4.78, 5) is 38.5. The summed E-state index contributed by atoms with van der Waals surface area (Å²) in [5.41, 5.74) is 0.862. The van der Waals surface area contributed by atoms with Gasteiger partial charge in [0.2, 0.25) is 5.91 Å². The average Bonchev–Trinajstić information content (AvgIpc) is 3.20. The average molecular weight is 383 g/mol. The molecule has 0 bridgehead atoms. The zero-order chi connectivity index (χ0) is 20.5. The Balaban J connectivity index is 1.66. The van der Waals surface area contributed by atoms with E-state index in [0.29, 0.717) is 11.5 Å². The van der Waals surface area contributed by atoms with E-state index in [9.17, 15) is 14.4 Å². The fraction of sp³-hybridized carbons (Fsp3) is 0.381. The number of rotatable bonds is 6. The van der Waals surface area contributed by atoms with Crippen molar-refractivity contribution in [3.63, 3.8) is 0 Å². The third-order valence-corrected chi connectivity index (χ3v) is 5.08. The van der Waals surface area contributed by atoms with E-state index in [0.717, 1.165) is 16.9 Å². The summed E-state index contributed by atoms with van der Waals surface area (Å²) < 4.78 is 5.52. The number of urea groups is 1. The van der Waals surface area contributed by atoms with Gasteiger partial charge in [0.05, 0.1) is 6.04 Å². The molecule has 3 rings (SSSR count). The van der Waals surface area contributed by atoms with Crippen molar-refractivity contribution < 1.29 is 18.8 Å². The number of carbonyl (C=O) groups is 3. The van der Waals surface area contributed by atoms with Gasteiger partial charge in [-0.2, -0.15) is 0 Å². The Morgan fingerprint density at radius 3 is 2.46 bits per heavy atom. The highest BCUT2D eigenvalue weighted by Crippen LogP contribution is 2.30. The summed E-state index contributed by atoms with van der Waals surface area (Å²) in [6, 6.07) is 10.5. The minimum absolute atomic E-state index is 0.238. The maximum Gasteiger partial charge on any atom is 0.325 e. The number of amides is 4. The van der Waals surface area contributed by atoms with Crippen LogP contribution in [0.1, 0.15) is 49.5 Å². The van der Waals surface area contributed by atoms with Gasteiger partial charge in [-0.1, -0.05) is 31.2 Å². The van der Waals surface area contributed by atoms with Gasteiger partial charge in [-0.3, -0.25) is 14.5 Å². The molecule has 7 nitrogen and oxygen atoms in total. The number of hydrogen-bond acceptors (Lipinski definition) is 4. The number of furan rings is 1. The Bertz CT molecular complexity index is 903. The number of carbonyl (C=O) groups excluding carboxylic acids is 3. The predicted octanol–water partition coefficient (Wildman–Crippen LogP) is 2.79. The molecular formula is C21H25N3O4. The predicted molar refractivity (Wildman–Crippen MR) is 103 cm³/mol. The first-order chi connectivity index (χ1) is 13.2. The van der Waals surface area contributed by atoms with Gasteiger partial charge in [0.15, 0.2) is 5.54 Å². The molecule has 28 heavy (non-hydrogen) atoms. The Morgan fingerprint density at radius 1 is 1.21 bits per heavy atom. The van der Waals surface area contributed by atoms with Crippen LogP contribution in [0.3, 0.4) is 0 Å². The molecule has 2 N–H and O–H groups in total. The second-order valence-electron chi connectivity index (χ2n) is 7.24. The first-order valence-corrected chi connectivity index (χ1v) is 9.34. The SMILES string of the molecule is CCc1ccc(C(C)NC(=O)CN2C(=O)NC(C)(c3ccc(C)o3)C2=O)cc1. The van der Waals surface area contributed by atoms with Crippen molar-refractivity contribution >= 4 is 17.8 Å². The van der Waals surface area contributed by atoms with E-state index in [4.69, 9.17) is 4.42 Å². The van der Waals surface area contributed by atoms with E-state index < -0.39 is 23.4 Å². The molecule has 1 fully saturated rings. The molecule has 7 heteroatoms. The van der Waals surface area contributed by atoms with Crippen LogP contribution in [-0.4, -0.2) is 29.3 Å². The number of imide groups is 1. The topological polar surface area (TPSA) is 91.7 Å². The molecule has 1 aromatic carbocycles. The van der Waals surface area contributed by atoms with Crippen molar-refractivity contribution in [1.82, 2.24) is 15.5 Å². The van der Waals surface area contributed by atoms with Crippen LogP contribution in [0, 0.1) is 6.92 Å². The second-order valence-corrected chi connectivity index (χ2v) is 7.24. The molecule has 2 heterocycles. The van der Waals surface area contributed by atoms with E-state index in [1.165, 1.54) is 5.56 Å². The molecule has 2 unspecified atom stereocenters. The van der Waals surface area contributed by atoms with E-state index >= 15 is 0 Å². The highest BCUT2D eigenvalue weighted by atomic mass is 16.3. The van der Waals surface area contributed by atoms with E-state index in [1.54, 1.807) is 26.0 Å². The maximum absolute atomic E-state index is 12.8. The number of hydrogen-bond donors (Lipinski definition) is 2. The molecular weight excluding hydrogens is 358 g/mol. The van der Waals surface area contributed by atoms with Gasteiger partial charge in [-0.15, -0.1) is 0 Å². The van der Waals surface area contributed by atoms with Crippen molar-refractivity contribution in [2.24, 2.45) is 0 Å². The van der Waals surface area contributed by atoms with Crippen molar-refractivity contribution in [3.05, 3.63) is 59.0 Å². The van der Waals surface area contributed by atoms with Gasteiger partial charge in [0.25, 0.3) is 5.91 Å². The van der Waals surface area contributed by atoms with Crippen LogP contribution in [0.4, 0.5) is 4.79 Å². The summed E-state index contributed by atoms with van der Waals surface area (Å²) in [7, 11) is 0. The van der Waals surface area contributed by atoms with E-state index in [1.807, 2.05) is 31.2 Å². The lowest BCUT2D eigenvalue weighted by atomic mass is 9.99. The Hall–Kier alpha value is -3.09. The monoisotopic (exact) mass is 383 g/mol. The van der Waals surface area contributed by atoms with Crippen molar-refractivity contribution in [2.45, 2.75) is 45.7 Å². The largest absolute Gasteiger partial charge is 0.463 e. The molecule has 2 atom stereocenters. The van der Waals surface area contributed by atoms with Crippen LogP contribution in [0.25, 0.3) is 0 Å². The van der Waals surface area contributed by atoms with Crippen LogP contribution in [-0.2, 0) is 21.5 Å². The normalized spacial score (nSPS) is 20.2. The number of nitrogens with one attached hydrogen (secondary N) is 2. The van der Waals surface area contributed by atoms with Crippen molar-refractivity contribution in [3.8, 4) is 0 Å². The Labute approximate surface area is 164 Å². The third-order valence-electron chi connectivity index (χ3n) is 5.08. The van der Waals surface area contributed by atoms with Crippen LogP contribution >= 0.6 is 0 Å². The van der Waals surface area contributed by atoms with Crippen LogP contribution in [0.2, 0.25) is 0 Å². The van der Waals surface area contributed by atoms with Crippen molar-refractivity contribution in [2.75, 3.05) is 6.54 Å². The molecule has 1 aliphatic heterocycles. The molecule has 0 aliphatic carbocycles. The van der Waals surface area contributed by atoms with E-state index in [2.05, 4.69) is 17.6 Å². The fourth-order valence-corrected chi connectivity index (χ4v) is 3.27. The smallest absolute Gasteiger partial charge is 0.325 e. The van der Waals surface area contributed by atoms with Gasteiger partial charge in [-0.05, 0) is 50.5 Å². The highest BCUT2D eigenvalue weighted by Gasteiger charge is 2.51. The summed E-state index contributed by atoms with van der Waals surface area (Å²) >= 11 is 0. The van der Waals surface area contributed by atoms with Crippen LogP contribution < -0.4 is 10.6 Å². The lowest BCUT2D eigenvalue weighted by molar-refractivity contribution is -0.135. The summed E-state index contributed by atoms with van der Waals surface area (Å²) in [5, 5.41) is 5.46. The molecule has 4 amide bonds. The second kappa shape index (κ2) is 7.50. The first-order valence-electron chi connectivity index (χ1n) is 9.34. The van der Waals surface area contributed by atoms with Gasteiger partial charge >= 0.3 is 6.03 Å². The Morgan fingerprint density at radius 2 is 1.89 bits per heavy atom. The molecule has 0 saturated carbocycles. The highest BCUT2D eigenvalue weighted by molar-refractivity contribution is 6.08. The molecule has 1 saturated heterocycles. The minimum Gasteiger partial charge on any atom is -0.463 e. The quantitative estimate of drug-likeness (QED) is 0.751. The summed E-state index contributed by atoms with van der Waals surface area (Å²) in [6.45, 7) is 6.92. The fourth-order valence-electron chi connectivity index (χ4n) is 3.27. The van der Waals surface area contributed by atoms with E-state index in [-0.39, 0.29) is 12.6 Å². The van der Waals surface area contributed by atoms with Gasteiger partial charge in [-0.25, -0.2) is 4.79 Å². The van der Waals surface area contributed by atoms with Gasteiger partial charge in [0, 0.05) is 0 Å². The molecule has 1 aromatic heterocycles.